The highest BCUT2D eigenvalue weighted by Crippen LogP contribution is 2.42. The molecule has 1 aliphatic heterocycles. The third kappa shape index (κ3) is 3.99. The summed E-state index contributed by atoms with van der Waals surface area (Å²) in [7, 11) is 0. The minimum absolute atomic E-state index is 0.0536. The van der Waals surface area contributed by atoms with Gasteiger partial charge in [-0.15, -0.1) is 0 Å². The summed E-state index contributed by atoms with van der Waals surface area (Å²) in [4.78, 5) is 29.1. The number of hydrogen-bond acceptors (Lipinski definition) is 3. The second kappa shape index (κ2) is 8.23. The van der Waals surface area contributed by atoms with E-state index in [0.29, 0.717) is 4.91 Å². The largest absolute Gasteiger partial charge is 0.352 e. The smallest absolute Gasteiger partial charge is 0.265 e. The number of carbonyl (C=O) groups is 2. The molecule has 0 unspecified atom stereocenters. The van der Waals surface area contributed by atoms with Gasteiger partial charge in [0.2, 0.25) is 5.91 Å². The van der Waals surface area contributed by atoms with Gasteiger partial charge in [0.15, 0.2) is 0 Å². The Hall–Kier alpha value is -2.53. The first kappa shape index (κ1) is 18.8. The van der Waals surface area contributed by atoms with Gasteiger partial charge >= 0.3 is 0 Å². The number of benzene rings is 2. The number of nitrogens with zero attached hydrogens (tertiary/aromatic N) is 1. The van der Waals surface area contributed by atoms with Crippen LogP contribution in [0.2, 0.25) is 0 Å². The molecule has 0 bridgehead atoms. The molecular formula is C23H24N2O2S. The van der Waals surface area contributed by atoms with Gasteiger partial charge < -0.3 is 5.32 Å². The van der Waals surface area contributed by atoms with Crippen LogP contribution in [-0.2, 0) is 9.59 Å². The fourth-order valence-corrected chi connectivity index (χ4v) is 4.85. The van der Waals surface area contributed by atoms with E-state index in [1.807, 2.05) is 61.5 Å². The van der Waals surface area contributed by atoms with Crippen molar-refractivity contribution in [3.63, 3.8) is 0 Å². The molecule has 5 heteroatoms. The first-order chi connectivity index (χ1) is 13.6. The molecule has 0 spiro atoms. The van der Waals surface area contributed by atoms with Crippen molar-refractivity contribution in [1.29, 1.82) is 0 Å². The third-order valence-corrected chi connectivity index (χ3v) is 6.41. The van der Waals surface area contributed by atoms with E-state index >= 15 is 0 Å². The molecule has 2 amide bonds. The van der Waals surface area contributed by atoms with Crippen LogP contribution in [0, 0.1) is 6.92 Å². The molecule has 0 radical (unpaired) electrons. The molecule has 0 aromatic heterocycles. The minimum atomic E-state index is -0.117. The zero-order valence-electron chi connectivity index (χ0n) is 16.0. The minimum Gasteiger partial charge on any atom is -0.352 e. The van der Waals surface area contributed by atoms with Crippen LogP contribution < -0.4 is 10.2 Å². The van der Waals surface area contributed by atoms with Crippen LogP contribution in [0.4, 0.5) is 5.69 Å². The van der Waals surface area contributed by atoms with Crippen molar-refractivity contribution >= 4 is 35.3 Å². The average Bonchev–Trinajstić information content (AvgIpc) is 3.19. The number of anilines is 1. The van der Waals surface area contributed by atoms with E-state index < -0.39 is 0 Å². The molecule has 1 fully saturated rings. The predicted octanol–water partition coefficient (Wildman–Crippen LogP) is 4.53. The highest BCUT2D eigenvalue weighted by Gasteiger charge is 2.31. The summed E-state index contributed by atoms with van der Waals surface area (Å²) in [6.45, 7) is 2.09. The lowest BCUT2D eigenvalue weighted by Gasteiger charge is -2.30. The Kier molecular flexibility index (Phi) is 5.53. The van der Waals surface area contributed by atoms with E-state index in [1.165, 1.54) is 11.8 Å². The van der Waals surface area contributed by atoms with Crippen LogP contribution in [0.5, 0.6) is 0 Å². The number of para-hydroxylation sites is 1. The number of fused-ring (bicyclic) bond motifs is 1. The van der Waals surface area contributed by atoms with E-state index in [4.69, 9.17) is 0 Å². The van der Waals surface area contributed by atoms with Gasteiger partial charge in [0.1, 0.15) is 6.54 Å². The quantitative estimate of drug-likeness (QED) is 0.778. The van der Waals surface area contributed by atoms with E-state index in [0.717, 1.165) is 47.4 Å². The van der Waals surface area contributed by atoms with Crippen LogP contribution in [0.15, 0.2) is 58.3 Å². The van der Waals surface area contributed by atoms with Gasteiger partial charge in [-0.2, -0.15) is 0 Å². The monoisotopic (exact) mass is 392 g/mol. The summed E-state index contributed by atoms with van der Waals surface area (Å²) >= 11 is 1.47. The third-order valence-electron chi connectivity index (χ3n) is 5.33. The van der Waals surface area contributed by atoms with Crippen LogP contribution in [0.25, 0.3) is 6.08 Å². The first-order valence-corrected chi connectivity index (χ1v) is 10.6. The summed E-state index contributed by atoms with van der Waals surface area (Å²) in [5.74, 6) is -0.203. The van der Waals surface area contributed by atoms with Gasteiger partial charge in [-0.05, 0) is 49.1 Å². The van der Waals surface area contributed by atoms with E-state index in [-0.39, 0.29) is 24.4 Å². The number of rotatable bonds is 4. The molecule has 2 aliphatic rings. The SMILES string of the molecule is Cc1ccccc1C=C1Sc2ccccc2N(CC(=O)NC2CCCC2)C1=O. The van der Waals surface area contributed by atoms with Crippen molar-refractivity contribution in [2.45, 2.75) is 43.5 Å². The summed E-state index contributed by atoms with van der Waals surface area (Å²) < 4.78 is 0. The van der Waals surface area contributed by atoms with E-state index in [1.54, 1.807) is 4.90 Å². The van der Waals surface area contributed by atoms with Crippen molar-refractivity contribution in [3.8, 4) is 0 Å². The van der Waals surface area contributed by atoms with Gasteiger partial charge in [0.25, 0.3) is 5.91 Å². The molecule has 28 heavy (non-hydrogen) atoms. The fourth-order valence-electron chi connectivity index (χ4n) is 3.80. The van der Waals surface area contributed by atoms with E-state index in [2.05, 4.69) is 5.32 Å². The second-order valence-electron chi connectivity index (χ2n) is 7.38. The van der Waals surface area contributed by atoms with Gasteiger partial charge in [0.05, 0.1) is 10.6 Å². The van der Waals surface area contributed by atoms with E-state index in [9.17, 15) is 9.59 Å². The maximum absolute atomic E-state index is 13.2. The number of thioether (sulfide) groups is 1. The Labute approximate surface area is 170 Å². The Bertz CT molecular complexity index is 932. The summed E-state index contributed by atoms with van der Waals surface area (Å²) in [5, 5.41) is 3.09. The Morgan fingerprint density at radius 1 is 1.14 bits per heavy atom. The molecule has 0 atom stereocenters. The zero-order chi connectivity index (χ0) is 19.5. The molecule has 2 aromatic rings. The molecule has 1 heterocycles. The second-order valence-corrected chi connectivity index (χ2v) is 8.46. The van der Waals surface area contributed by atoms with Crippen LogP contribution in [0.3, 0.4) is 0 Å². The lowest BCUT2D eigenvalue weighted by molar-refractivity contribution is -0.122. The topological polar surface area (TPSA) is 49.4 Å². The van der Waals surface area contributed by atoms with Crippen molar-refractivity contribution in [2.75, 3.05) is 11.4 Å². The molecule has 1 N–H and O–H groups in total. The maximum atomic E-state index is 13.2. The Morgan fingerprint density at radius 2 is 1.86 bits per heavy atom. The van der Waals surface area contributed by atoms with Gasteiger partial charge in [0, 0.05) is 10.9 Å². The molecule has 4 nitrogen and oxygen atoms in total. The lowest BCUT2D eigenvalue weighted by atomic mass is 10.1. The standard InChI is InChI=1S/C23H24N2O2S/c1-16-8-2-3-9-17(16)14-21-23(27)25(19-12-6-7-13-20(19)28-21)15-22(26)24-18-10-4-5-11-18/h2-3,6-9,12-14,18H,4-5,10-11,15H2,1H3,(H,24,26). The zero-order valence-corrected chi connectivity index (χ0v) is 16.8. The van der Waals surface area contributed by atoms with Gasteiger partial charge in [-0.3, -0.25) is 14.5 Å². The van der Waals surface area contributed by atoms with Gasteiger partial charge in [-0.1, -0.05) is 61.0 Å². The summed E-state index contributed by atoms with van der Waals surface area (Å²) in [5.41, 5.74) is 2.95. The highest BCUT2D eigenvalue weighted by molar-refractivity contribution is 8.04. The maximum Gasteiger partial charge on any atom is 0.265 e. The molecule has 4 rings (SSSR count). The number of amides is 2. The first-order valence-electron chi connectivity index (χ1n) is 9.77. The fraction of sp³-hybridized carbons (Fsp3) is 0.304. The highest BCUT2D eigenvalue weighted by atomic mass is 32.2. The van der Waals surface area contributed by atoms with Crippen LogP contribution in [0.1, 0.15) is 36.8 Å². The van der Waals surface area contributed by atoms with Crippen molar-refractivity contribution in [1.82, 2.24) is 5.32 Å². The van der Waals surface area contributed by atoms with Crippen LogP contribution >= 0.6 is 11.8 Å². The molecule has 1 saturated carbocycles. The predicted molar refractivity (Wildman–Crippen MR) is 114 cm³/mol. The summed E-state index contributed by atoms with van der Waals surface area (Å²) in [6.07, 6.45) is 6.32. The van der Waals surface area contributed by atoms with Crippen molar-refractivity contribution in [3.05, 3.63) is 64.6 Å². The Morgan fingerprint density at radius 3 is 2.64 bits per heavy atom. The summed E-state index contributed by atoms with van der Waals surface area (Å²) in [6, 6.07) is 16.0. The number of carbonyl (C=O) groups excluding carboxylic acids is 2. The Balaban J connectivity index is 1.61. The lowest BCUT2D eigenvalue weighted by Crippen LogP contribution is -2.45. The number of aryl methyl sites for hydroxylation is 1. The van der Waals surface area contributed by atoms with Crippen LogP contribution in [-0.4, -0.2) is 24.4 Å². The number of nitrogens with one attached hydrogen (secondary N) is 1. The normalized spacial score (nSPS) is 18.4. The molecule has 2 aromatic carbocycles. The average molecular weight is 393 g/mol. The van der Waals surface area contributed by atoms with Gasteiger partial charge in [-0.25, -0.2) is 0 Å². The van der Waals surface area contributed by atoms with Crippen molar-refractivity contribution < 1.29 is 9.59 Å². The molecule has 1 aliphatic carbocycles. The number of hydrogen-bond donors (Lipinski definition) is 1. The molecular weight excluding hydrogens is 368 g/mol. The molecule has 144 valence electrons. The molecule has 0 saturated heterocycles. The van der Waals surface area contributed by atoms with Crippen molar-refractivity contribution in [2.24, 2.45) is 0 Å².